The normalized spacial score (nSPS) is 10.1. The molecule has 0 saturated heterocycles. The smallest absolute Gasteiger partial charge is 0.335 e. The van der Waals surface area contributed by atoms with Gasteiger partial charge < -0.3 is 21.1 Å². The molecule has 0 spiro atoms. The van der Waals surface area contributed by atoms with Gasteiger partial charge in [-0.3, -0.25) is 4.79 Å². The van der Waals surface area contributed by atoms with Crippen molar-refractivity contribution in [2.75, 3.05) is 30.3 Å². The highest BCUT2D eigenvalue weighted by molar-refractivity contribution is 5.91. The van der Waals surface area contributed by atoms with Crippen molar-refractivity contribution in [2.24, 2.45) is 0 Å². The van der Waals surface area contributed by atoms with Crippen LogP contribution in [0.1, 0.15) is 30.6 Å². The number of carbonyl (C=O) groups excluding carboxylic acids is 1. The zero-order chi connectivity index (χ0) is 15.1. The minimum Gasteiger partial charge on any atom is -0.478 e. The number of carboxylic acids is 1. The number of amides is 1. The van der Waals surface area contributed by atoms with E-state index in [-0.39, 0.29) is 18.0 Å². The van der Waals surface area contributed by atoms with Crippen LogP contribution >= 0.6 is 0 Å². The summed E-state index contributed by atoms with van der Waals surface area (Å²) in [6, 6.07) is 4.53. The Morgan fingerprint density at radius 2 is 2.05 bits per heavy atom. The van der Waals surface area contributed by atoms with E-state index in [2.05, 4.69) is 5.32 Å². The Bertz CT molecular complexity index is 489. The monoisotopic (exact) mass is 279 g/mol. The molecule has 0 fully saturated rings. The summed E-state index contributed by atoms with van der Waals surface area (Å²) in [7, 11) is 0. The Balaban J connectivity index is 2.84. The zero-order valence-electron chi connectivity index (χ0n) is 11.8. The average molecular weight is 279 g/mol. The first kappa shape index (κ1) is 15.8. The Kier molecular flexibility index (Phi) is 5.83. The highest BCUT2D eigenvalue weighted by Crippen LogP contribution is 2.24. The lowest BCUT2D eigenvalue weighted by atomic mass is 10.1. The number of nitrogens with one attached hydrogen (secondary N) is 1. The van der Waals surface area contributed by atoms with Crippen LogP contribution in [-0.4, -0.2) is 36.6 Å². The Morgan fingerprint density at radius 3 is 2.55 bits per heavy atom. The number of nitrogen functional groups attached to an aromatic ring is 1. The molecule has 0 unspecified atom stereocenters. The van der Waals surface area contributed by atoms with Gasteiger partial charge in [0, 0.05) is 13.1 Å². The third-order valence-electron chi connectivity index (χ3n) is 2.90. The molecule has 0 heterocycles. The molecule has 110 valence electrons. The summed E-state index contributed by atoms with van der Waals surface area (Å²) in [4.78, 5) is 24.4. The first-order chi connectivity index (χ1) is 9.49. The van der Waals surface area contributed by atoms with Gasteiger partial charge >= 0.3 is 5.97 Å². The van der Waals surface area contributed by atoms with Crippen LogP contribution in [0.5, 0.6) is 0 Å². The fourth-order valence-corrected chi connectivity index (χ4v) is 1.84. The summed E-state index contributed by atoms with van der Waals surface area (Å²) >= 11 is 0. The molecule has 0 atom stereocenters. The molecule has 0 bridgehead atoms. The van der Waals surface area contributed by atoms with Gasteiger partial charge in [-0.05, 0) is 31.5 Å². The summed E-state index contributed by atoms with van der Waals surface area (Å²) in [6.07, 6.45) is 0.882. The standard InChI is InChI=1S/C14H21N3O3/c1-3-7-16-13(18)9-17(4-2)12-6-5-10(14(19)20)8-11(12)15/h5-6,8H,3-4,7,9,15H2,1-2H3,(H,16,18)(H,19,20). The number of carbonyl (C=O) groups is 2. The van der Waals surface area contributed by atoms with E-state index in [0.29, 0.717) is 24.5 Å². The average Bonchev–Trinajstić information content (AvgIpc) is 2.42. The summed E-state index contributed by atoms with van der Waals surface area (Å²) in [5, 5.41) is 11.7. The maximum atomic E-state index is 11.7. The molecule has 0 aliphatic carbocycles. The first-order valence-electron chi connectivity index (χ1n) is 6.64. The van der Waals surface area contributed by atoms with Crippen molar-refractivity contribution in [2.45, 2.75) is 20.3 Å². The fraction of sp³-hybridized carbons (Fsp3) is 0.429. The molecule has 1 aromatic carbocycles. The van der Waals surface area contributed by atoms with E-state index in [1.165, 1.54) is 12.1 Å². The molecule has 1 rings (SSSR count). The molecule has 1 aromatic rings. The van der Waals surface area contributed by atoms with Gasteiger partial charge in [0.25, 0.3) is 0 Å². The van der Waals surface area contributed by atoms with Crippen molar-refractivity contribution in [3.63, 3.8) is 0 Å². The van der Waals surface area contributed by atoms with Gasteiger partial charge in [0.2, 0.25) is 5.91 Å². The van der Waals surface area contributed by atoms with Crippen LogP contribution < -0.4 is 16.0 Å². The van der Waals surface area contributed by atoms with Gasteiger partial charge in [0.15, 0.2) is 0 Å². The molecular formula is C14H21N3O3. The predicted octanol–water partition coefficient (Wildman–Crippen LogP) is 1.32. The fourth-order valence-electron chi connectivity index (χ4n) is 1.84. The van der Waals surface area contributed by atoms with E-state index in [1.54, 1.807) is 6.07 Å². The topological polar surface area (TPSA) is 95.7 Å². The van der Waals surface area contributed by atoms with E-state index in [9.17, 15) is 9.59 Å². The van der Waals surface area contributed by atoms with E-state index in [4.69, 9.17) is 10.8 Å². The van der Waals surface area contributed by atoms with Gasteiger partial charge in [-0.15, -0.1) is 0 Å². The van der Waals surface area contributed by atoms with Crippen LogP contribution in [0, 0.1) is 0 Å². The molecule has 0 radical (unpaired) electrons. The third kappa shape index (κ3) is 4.15. The van der Waals surface area contributed by atoms with Gasteiger partial charge in [0.1, 0.15) is 0 Å². The molecule has 0 aliphatic heterocycles. The molecule has 0 aromatic heterocycles. The van der Waals surface area contributed by atoms with Crippen molar-refractivity contribution in [3.05, 3.63) is 23.8 Å². The number of rotatable bonds is 7. The highest BCUT2D eigenvalue weighted by atomic mass is 16.4. The second kappa shape index (κ2) is 7.37. The molecule has 6 nitrogen and oxygen atoms in total. The number of hydrogen-bond acceptors (Lipinski definition) is 4. The van der Waals surface area contributed by atoms with E-state index >= 15 is 0 Å². The molecule has 20 heavy (non-hydrogen) atoms. The Morgan fingerprint density at radius 1 is 1.35 bits per heavy atom. The van der Waals surface area contributed by atoms with Crippen LogP contribution in [0.25, 0.3) is 0 Å². The second-order valence-electron chi connectivity index (χ2n) is 4.44. The maximum Gasteiger partial charge on any atom is 0.335 e. The Hall–Kier alpha value is -2.24. The van der Waals surface area contributed by atoms with Crippen molar-refractivity contribution < 1.29 is 14.7 Å². The van der Waals surface area contributed by atoms with E-state index in [0.717, 1.165) is 6.42 Å². The number of benzene rings is 1. The van der Waals surface area contributed by atoms with Crippen molar-refractivity contribution >= 4 is 23.3 Å². The number of hydrogen-bond donors (Lipinski definition) is 3. The van der Waals surface area contributed by atoms with Gasteiger partial charge in [-0.2, -0.15) is 0 Å². The van der Waals surface area contributed by atoms with Crippen LogP contribution in [0.15, 0.2) is 18.2 Å². The molecular weight excluding hydrogens is 258 g/mol. The third-order valence-corrected chi connectivity index (χ3v) is 2.90. The summed E-state index contributed by atoms with van der Waals surface area (Å²) in [6.45, 7) is 5.35. The number of likely N-dealkylation sites (N-methyl/N-ethyl adjacent to an activating group) is 1. The van der Waals surface area contributed by atoms with Crippen molar-refractivity contribution in [1.82, 2.24) is 5.32 Å². The van der Waals surface area contributed by atoms with Crippen molar-refractivity contribution in [3.8, 4) is 0 Å². The van der Waals surface area contributed by atoms with Crippen LogP contribution in [-0.2, 0) is 4.79 Å². The largest absolute Gasteiger partial charge is 0.478 e. The Labute approximate surface area is 118 Å². The number of nitrogens with two attached hydrogens (primary N) is 1. The number of anilines is 2. The van der Waals surface area contributed by atoms with E-state index in [1.807, 2.05) is 18.7 Å². The van der Waals surface area contributed by atoms with Gasteiger partial charge in [-0.25, -0.2) is 4.79 Å². The maximum absolute atomic E-state index is 11.7. The quantitative estimate of drug-likeness (QED) is 0.654. The lowest BCUT2D eigenvalue weighted by molar-refractivity contribution is -0.119. The van der Waals surface area contributed by atoms with Gasteiger partial charge in [-0.1, -0.05) is 6.92 Å². The molecule has 0 saturated carbocycles. The van der Waals surface area contributed by atoms with E-state index < -0.39 is 5.97 Å². The molecule has 0 aliphatic rings. The summed E-state index contributed by atoms with van der Waals surface area (Å²) in [5.74, 6) is -1.10. The number of carboxylic acid groups (broad SMARTS) is 1. The van der Waals surface area contributed by atoms with Crippen LogP contribution in [0.3, 0.4) is 0 Å². The summed E-state index contributed by atoms with van der Waals surface area (Å²) in [5.41, 5.74) is 7.04. The molecule has 6 heteroatoms. The minimum atomic E-state index is -1.02. The zero-order valence-corrected chi connectivity index (χ0v) is 11.8. The lowest BCUT2D eigenvalue weighted by Crippen LogP contribution is -2.37. The highest BCUT2D eigenvalue weighted by Gasteiger charge is 2.14. The lowest BCUT2D eigenvalue weighted by Gasteiger charge is -2.24. The first-order valence-corrected chi connectivity index (χ1v) is 6.64. The van der Waals surface area contributed by atoms with Crippen LogP contribution in [0.2, 0.25) is 0 Å². The minimum absolute atomic E-state index is 0.0737. The summed E-state index contributed by atoms with van der Waals surface area (Å²) < 4.78 is 0. The van der Waals surface area contributed by atoms with Crippen molar-refractivity contribution in [1.29, 1.82) is 0 Å². The molecule has 4 N–H and O–H groups in total. The number of nitrogens with zero attached hydrogens (tertiary/aromatic N) is 1. The predicted molar refractivity (Wildman–Crippen MR) is 79.0 cm³/mol. The molecule has 1 amide bonds. The SMILES string of the molecule is CCCNC(=O)CN(CC)c1ccc(C(=O)O)cc1N. The van der Waals surface area contributed by atoms with Crippen LogP contribution in [0.4, 0.5) is 11.4 Å². The second-order valence-corrected chi connectivity index (χ2v) is 4.44. The number of aromatic carboxylic acids is 1. The van der Waals surface area contributed by atoms with Gasteiger partial charge in [0.05, 0.1) is 23.5 Å².